The molecule has 3 rings (SSSR count). The van der Waals surface area contributed by atoms with Gasteiger partial charge in [-0.1, -0.05) is 112 Å². The quantitative estimate of drug-likeness (QED) is 0.0518. The zero-order valence-electron chi connectivity index (χ0n) is 28.1. The number of carbonyl (C=O) groups is 4. The van der Waals surface area contributed by atoms with E-state index in [9.17, 15) is 24.3 Å². The lowest BCUT2D eigenvalue weighted by molar-refractivity contribution is -0.196. The highest BCUT2D eigenvalue weighted by molar-refractivity contribution is 5.93. The number of nitrogens with one attached hydrogen (secondary N) is 3. The van der Waals surface area contributed by atoms with E-state index >= 15 is 0 Å². The van der Waals surface area contributed by atoms with Crippen LogP contribution in [0.4, 0.5) is 0 Å². The van der Waals surface area contributed by atoms with E-state index < -0.39 is 40.9 Å². The van der Waals surface area contributed by atoms with Gasteiger partial charge in [0.25, 0.3) is 5.91 Å². The first-order valence-corrected chi connectivity index (χ1v) is 16.1. The summed E-state index contributed by atoms with van der Waals surface area (Å²) in [6.45, 7) is 7.51. The van der Waals surface area contributed by atoms with E-state index in [0.29, 0.717) is 12.0 Å². The molecule has 0 unspecified atom stereocenters. The molecule has 0 aliphatic carbocycles. The molecule has 3 aromatic rings. The summed E-state index contributed by atoms with van der Waals surface area (Å²) in [6.07, 6.45) is 3.01. The van der Waals surface area contributed by atoms with Gasteiger partial charge in [-0.25, -0.2) is 5.84 Å². The van der Waals surface area contributed by atoms with Crippen molar-refractivity contribution in [2.24, 2.45) is 11.8 Å². The summed E-state index contributed by atoms with van der Waals surface area (Å²) in [6, 6.07) is 26.1. The van der Waals surface area contributed by atoms with Gasteiger partial charge in [-0.3, -0.25) is 24.6 Å². The molecule has 6 N–H and O–H groups in total. The van der Waals surface area contributed by atoms with E-state index in [-0.39, 0.29) is 18.9 Å². The fraction of sp³-hybridized carbons (Fsp3) is 0.405. The number of nitrogens with two attached hydrogens (primary N) is 1. The fourth-order valence-corrected chi connectivity index (χ4v) is 6.01. The average molecular weight is 644 g/mol. The molecule has 4 amide bonds. The van der Waals surface area contributed by atoms with Gasteiger partial charge >= 0.3 is 0 Å². The van der Waals surface area contributed by atoms with Crippen LogP contribution in [0.25, 0.3) is 11.1 Å². The van der Waals surface area contributed by atoms with Gasteiger partial charge < -0.3 is 20.6 Å². The lowest BCUT2D eigenvalue weighted by atomic mass is 9.80. The van der Waals surface area contributed by atoms with Crippen LogP contribution in [0, 0.1) is 5.92 Å². The normalized spacial score (nSPS) is 14.3. The number of amides is 4. The summed E-state index contributed by atoms with van der Waals surface area (Å²) in [5.74, 6) is 2.71. The summed E-state index contributed by atoms with van der Waals surface area (Å²) in [5, 5.41) is 18.2. The predicted molar refractivity (Wildman–Crippen MR) is 183 cm³/mol. The largest absolute Gasteiger partial charge is 0.361 e. The van der Waals surface area contributed by atoms with Crippen LogP contribution in [-0.4, -0.2) is 50.9 Å². The highest BCUT2D eigenvalue weighted by atomic mass is 16.3. The number of benzene rings is 3. The highest BCUT2D eigenvalue weighted by Gasteiger charge is 2.58. The molecule has 0 fully saturated rings. The van der Waals surface area contributed by atoms with Crippen molar-refractivity contribution in [2.45, 2.75) is 90.6 Å². The molecule has 0 bridgehead atoms. The molecule has 0 aromatic heterocycles. The molecule has 3 aromatic carbocycles. The number of hydrogen-bond donors (Lipinski definition) is 5. The monoisotopic (exact) mass is 643 g/mol. The van der Waals surface area contributed by atoms with Crippen LogP contribution in [0.2, 0.25) is 0 Å². The number of hydrazine groups is 1. The Morgan fingerprint density at radius 1 is 0.851 bits per heavy atom. The maximum absolute atomic E-state index is 13.9. The van der Waals surface area contributed by atoms with Gasteiger partial charge in [0.05, 0.1) is 5.54 Å². The number of hydrogen-bond acceptors (Lipinski definition) is 6. The van der Waals surface area contributed by atoms with Gasteiger partial charge in [-0.05, 0) is 54.4 Å². The van der Waals surface area contributed by atoms with E-state index in [4.69, 9.17) is 5.84 Å². The van der Waals surface area contributed by atoms with Gasteiger partial charge in [0.2, 0.25) is 23.4 Å². The summed E-state index contributed by atoms with van der Waals surface area (Å²) < 4.78 is 0. The fourth-order valence-electron chi connectivity index (χ4n) is 6.01. The number of aryl methyl sites for hydroxylation is 1. The summed E-state index contributed by atoms with van der Waals surface area (Å²) in [4.78, 5) is 54.2. The minimum Gasteiger partial charge on any atom is -0.361 e. The number of aliphatic hydroxyl groups is 1. The Balaban J connectivity index is 2.06. The van der Waals surface area contributed by atoms with E-state index in [2.05, 4.69) is 28.2 Å². The van der Waals surface area contributed by atoms with Crippen molar-refractivity contribution in [3.63, 3.8) is 0 Å². The zero-order chi connectivity index (χ0) is 34.6. The predicted octanol–water partition coefficient (Wildman–Crippen LogP) is 4.22. The molecule has 0 spiro atoms. The summed E-state index contributed by atoms with van der Waals surface area (Å²) >= 11 is 0. The molecule has 0 radical (unpaired) electrons. The van der Waals surface area contributed by atoms with Crippen molar-refractivity contribution in [3.8, 4) is 11.1 Å². The molecule has 10 heteroatoms. The first-order valence-electron chi connectivity index (χ1n) is 16.1. The van der Waals surface area contributed by atoms with Crippen LogP contribution in [0.1, 0.15) is 71.4 Å². The molecule has 3 atom stereocenters. The molecule has 0 saturated carbocycles. The third-order valence-electron chi connectivity index (χ3n) is 8.61. The smallest absolute Gasteiger partial charge is 0.289 e. The molecule has 0 aliphatic rings. The second kappa shape index (κ2) is 16.9. The van der Waals surface area contributed by atoms with E-state index in [1.54, 1.807) is 20.8 Å². The van der Waals surface area contributed by atoms with Crippen LogP contribution in [-0.2, 0) is 32.1 Å². The van der Waals surface area contributed by atoms with Crippen LogP contribution < -0.4 is 21.9 Å². The van der Waals surface area contributed by atoms with Crippen LogP contribution in [0.15, 0.2) is 84.9 Å². The van der Waals surface area contributed by atoms with Gasteiger partial charge in [0.1, 0.15) is 6.04 Å². The van der Waals surface area contributed by atoms with E-state index in [1.165, 1.54) is 19.4 Å². The Kier molecular flexibility index (Phi) is 13.2. The standard InChI is InChI=1S/C37H49N5O5/c1-26(2)33(39-27(3)43)34(45)40-36(5,24-16-8-11-19-29-17-9-6-10-18-29)37(47,35(46)41-38)42(28(4)44)25-31-22-14-15-23-32(31)30-20-12-7-13-21-30/h6-7,9-10,12-15,17-18,20-23,26,33,47H,8,11,16,19,24-25,38H2,1-5H3,(H,39,43)(H,40,45)(H,41,46)/t33-,36-,37+/m0/s1. The minimum absolute atomic E-state index is 0.118. The molecule has 47 heavy (non-hydrogen) atoms. The molecular formula is C37H49N5O5. The SMILES string of the molecule is CC(=O)N[C@H](C(=O)N[C@@](C)(CCCCCc1ccccc1)[C@](O)(C(=O)NN)N(Cc1ccccc1-c1ccccc1)C(C)=O)C(C)C. The third-order valence-corrected chi connectivity index (χ3v) is 8.61. The number of nitrogens with zero attached hydrogens (tertiary/aromatic N) is 1. The number of unbranched alkanes of at least 4 members (excludes halogenated alkanes) is 2. The lowest BCUT2D eigenvalue weighted by Crippen LogP contribution is -2.77. The van der Waals surface area contributed by atoms with Gasteiger partial charge in [0, 0.05) is 20.4 Å². The Labute approximate surface area is 278 Å². The summed E-state index contributed by atoms with van der Waals surface area (Å²) in [5.41, 5.74) is 1.25. The third kappa shape index (κ3) is 9.27. The van der Waals surface area contributed by atoms with Crippen molar-refractivity contribution >= 4 is 23.6 Å². The first-order chi connectivity index (χ1) is 22.3. The Morgan fingerprint density at radius 3 is 2.02 bits per heavy atom. The molecule has 0 heterocycles. The Morgan fingerprint density at radius 2 is 1.45 bits per heavy atom. The van der Waals surface area contributed by atoms with Crippen LogP contribution >= 0.6 is 0 Å². The van der Waals surface area contributed by atoms with Crippen molar-refractivity contribution in [1.82, 2.24) is 21.0 Å². The maximum Gasteiger partial charge on any atom is 0.289 e. The van der Waals surface area contributed by atoms with Crippen molar-refractivity contribution in [1.29, 1.82) is 0 Å². The minimum atomic E-state index is -2.63. The van der Waals surface area contributed by atoms with Crippen molar-refractivity contribution in [3.05, 3.63) is 96.1 Å². The summed E-state index contributed by atoms with van der Waals surface area (Å²) in [7, 11) is 0. The second-order valence-electron chi connectivity index (χ2n) is 12.6. The van der Waals surface area contributed by atoms with Crippen molar-refractivity contribution < 1.29 is 24.3 Å². The Bertz CT molecular complexity index is 1500. The topological polar surface area (TPSA) is 154 Å². The number of rotatable bonds is 16. The van der Waals surface area contributed by atoms with Crippen molar-refractivity contribution in [2.75, 3.05) is 0 Å². The van der Waals surface area contributed by atoms with Gasteiger partial charge in [-0.2, -0.15) is 0 Å². The van der Waals surface area contributed by atoms with Crippen LogP contribution in [0.5, 0.6) is 0 Å². The molecule has 10 nitrogen and oxygen atoms in total. The Hall–Kier alpha value is -4.54. The second-order valence-corrected chi connectivity index (χ2v) is 12.6. The first kappa shape index (κ1) is 36.9. The van der Waals surface area contributed by atoms with Gasteiger partial charge in [0.15, 0.2) is 0 Å². The lowest BCUT2D eigenvalue weighted by Gasteiger charge is -2.50. The van der Waals surface area contributed by atoms with Gasteiger partial charge in [-0.15, -0.1) is 0 Å². The highest BCUT2D eigenvalue weighted by Crippen LogP contribution is 2.35. The molecular weight excluding hydrogens is 594 g/mol. The maximum atomic E-state index is 13.9. The van der Waals surface area contributed by atoms with E-state index in [1.807, 2.05) is 72.8 Å². The number of carbonyl (C=O) groups excluding carboxylic acids is 4. The zero-order valence-corrected chi connectivity index (χ0v) is 28.1. The molecule has 0 saturated heterocycles. The molecule has 0 aliphatic heterocycles. The average Bonchev–Trinajstić information content (AvgIpc) is 3.05. The molecule has 252 valence electrons. The van der Waals surface area contributed by atoms with Crippen LogP contribution in [0.3, 0.4) is 0 Å². The van der Waals surface area contributed by atoms with E-state index in [0.717, 1.165) is 35.3 Å².